The van der Waals surface area contributed by atoms with Crippen LogP contribution in [-0.4, -0.2) is 24.8 Å². The number of carboxylic acids is 1. The molecule has 17 heavy (non-hydrogen) atoms. The standard InChI is InChI=1S/C14H24O3/c1-17-10-12-5-3-11(4-6-12)9-14(13(15)16)7-2-8-14/h11-12H,2-10H2,1H3,(H,15,16). The molecular formula is C14H24O3. The molecule has 2 fully saturated rings. The van der Waals surface area contributed by atoms with E-state index in [0.29, 0.717) is 11.8 Å². The van der Waals surface area contributed by atoms with Crippen LogP contribution in [0.15, 0.2) is 0 Å². The second-order valence-corrected chi connectivity index (χ2v) is 5.99. The third-order valence-electron chi connectivity index (χ3n) is 4.81. The van der Waals surface area contributed by atoms with Crippen LogP contribution in [0.5, 0.6) is 0 Å². The number of hydrogen-bond donors (Lipinski definition) is 1. The molecule has 3 heteroatoms. The van der Waals surface area contributed by atoms with E-state index in [0.717, 1.165) is 32.3 Å². The molecule has 3 nitrogen and oxygen atoms in total. The lowest BCUT2D eigenvalue weighted by atomic mass is 9.62. The fourth-order valence-corrected chi connectivity index (χ4v) is 3.50. The Bertz CT molecular complexity index is 263. The molecule has 2 rings (SSSR count). The van der Waals surface area contributed by atoms with Gasteiger partial charge < -0.3 is 9.84 Å². The summed E-state index contributed by atoms with van der Waals surface area (Å²) in [5, 5.41) is 9.33. The van der Waals surface area contributed by atoms with E-state index < -0.39 is 5.97 Å². The first-order chi connectivity index (χ1) is 8.16. The van der Waals surface area contributed by atoms with Crippen LogP contribution in [0.1, 0.15) is 51.4 Å². The van der Waals surface area contributed by atoms with Crippen molar-refractivity contribution < 1.29 is 14.6 Å². The zero-order valence-corrected chi connectivity index (χ0v) is 10.8. The van der Waals surface area contributed by atoms with Crippen LogP contribution < -0.4 is 0 Å². The van der Waals surface area contributed by atoms with Gasteiger partial charge in [0.25, 0.3) is 0 Å². The van der Waals surface area contributed by atoms with Gasteiger partial charge in [0.15, 0.2) is 0 Å². The van der Waals surface area contributed by atoms with Crippen LogP contribution in [-0.2, 0) is 9.53 Å². The molecule has 98 valence electrons. The van der Waals surface area contributed by atoms with E-state index >= 15 is 0 Å². The predicted octanol–water partition coefficient (Wildman–Crippen LogP) is 3.08. The Balaban J connectivity index is 1.79. The monoisotopic (exact) mass is 240 g/mol. The van der Waals surface area contributed by atoms with Crippen molar-refractivity contribution in [3.63, 3.8) is 0 Å². The largest absolute Gasteiger partial charge is 0.481 e. The third kappa shape index (κ3) is 2.82. The van der Waals surface area contributed by atoms with Gasteiger partial charge in [0.05, 0.1) is 5.41 Å². The number of aliphatic carboxylic acids is 1. The predicted molar refractivity (Wildman–Crippen MR) is 65.9 cm³/mol. The number of ether oxygens (including phenoxy) is 1. The summed E-state index contributed by atoms with van der Waals surface area (Å²) in [6, 6.07) is 0. The van der Waals surface area contributed by atoms with E-state index in [-0.39, 0.29) is 5.41 Å². The zero-order valence-electron chi connectivity index (χ0n) is 10.8. The van der Waals surface area contributed by atoms with E-state index in [2.05, 4.69) is 0 Å². The maximum absolute atomic E-state index is 11.3. The molecule has 0 aliphatic heterocycles. The summed E-state index contributed by atoms with van der Waals surface area (Å²) < 4.78 is 5.19. The van der Waals surface area contributed by atoms with Crippen molar-refractivity contribution >= 4 is 5.97 Å². The maximum atomic E-state index is 11.3. The van der Waals surface area contributed by atoms with Crippen molar-refractivity contribution in [1.82, 2.24) is 0 Å². The van der Waals surface area contributed by atoms with Gasteiger partial charge in [-0.2, -0.15) is 0 Å². The summed E-state index contributed by atoms with van der Waals surface area (Å²) in [6.45, 7) is 0.872. The van der Waals surface area contributed by atoms with Gasteiger partial charge in [-0.15, -0.1) is 0 Å². The number of hydrogen-bond acceptors (Lipinski definition) is 2. The smallest absolute Gasteiger partial charge is 0.309 e. The molecule has 0 saturated heterocycles. The highest BCUT2D eigenvalue weighted by atomic mass is 16.5. The maximum Gasteiger partial charge on any atom is 0.309 e. The van der Waals surface area contributed by atoms with E-state index in [4.69, 9.17) is 4.74 Å². The Morgan fingerprint density at radius 2 is 1.82 bits per heavy atom. The summed E-state index contributed by atoms with van der Waals surface area (Å²) in [4.78, 5) is 11.3. The Morgan fingerprint density at radius 3 is 2.24 bits per heavy atom. The second-order valence-electron chi connectivity index (χ2n) is 5.99. The van der Waals surface area contributed by atoms with Gasteiger partial charge in [0.2, 0.25) is 0 Å². The van der Waals surface area contributed by atoms with Crippen molar-refractivity contribution in [1.29, 1.82) is 0 Å². The molecule has 0 atom stereocenters. The first-order valence-electron chi connectivity index (χ1n) is 6.88. The third-order valence-corrected chi connectivity index (χ3v) is 4.81. The lowest BCUT2D eigenvalue weighted by Crippen LogP contribution is -2.40. The first-order valence-corrected chi connectivity index (χ1v) is 6.88. The van der Waals surface area contributed by atoms with Crippen LogP contribution in [0.4, 0.5) is 0 Å². The average molecular weight is 240 g/mol. The minimum atomic E-state index is -0.553. The minimum Gasteiger partial charge on any atom is -0.481 e. The first kappa shape index (κ1) is 12.9. The Kier molecular flexibility index (Phi) is 4.08. The molecule has 0 amide bonds. The molecule has 0 aromatic carbocycles. The average Bonchev–Trinajstić information content (AvgIpc) is 2.25. The normalized spacial score (nSPS) is 31.8. The SMILES string of the molecule is COCC1CCC(CC2(C(=O)O)CCC2)CC1. The molecule has 2 saturated carbocycles. The lowest BCUT2D eigenvalue weighted by molar-refractivity contribution is -0.156. The van der Waals surface area contributed by atoms with Crippen molar-refractivity contribution in [2.75, 3.05) is 13.7 Å². The van der Waals surface area contributed by atoms with E-state index in [1.54, 1.807) is 7.11 Å². The quantitative estimate of drug-likeness (QED) is 0.803. The van der Waals surface area contributed by atoms with Crippen molar-refractivity contribution in [2.24, 2.45) is 17.3 Å². The highest BCUT2D eigenvalue weighted by Gasteiger charge is 2.45. The number of carbonyl (C=O) groups is 1. The second kappa shape index (κ2) is 5.38. The van der Waals surface area contributed by atoms with Crippen LogP contribution in [0.25, 0.3) is 0 Å². The van der Waals surface area contributed by atoms with Crippen LogP contribution in [0.2, 0.25) is 0 Å². The van der Waals surface area contributed by atoms with Gasteiger partial charge in [0, 0.05) is 13.7 Å². The fourth-order valence-electron chi connectivity index (χ4n) is 3.50. The van der Waals surface area contributed by atoms with Gasteiger partial charge >= 0.3 is 5.97 Å². The zero-order chi connectivity index (χ0) is 12.3. The van der Waals surface area contributed by atoms with Crippen LogP contribution in [0, 0.1) is 17.3 Å². The molecule has 0 heterocycles. The summed E-state index contributed by atoms with van der Waals surface area (Å²) in [5.74, 6) is 0.792. The molecule has 0 spiro atoms. The summed E-state index contributed by atoms with van der Waals surface area (Å²) in [5.41, 5.74) is -0.348. The molecule has 0 bridgehead atoms. The van der Waals surface area contributed by atoms with Crippen LogP contribution in [0.3, 0.4) is 0 Å². The molecule has 0 radical (unpaired) electrons. The number of carboxylic acid groups (broad SMARTS) is 1. The van der Waals surface area contributed by atoms with E-state index in [1.165, 1.54) is 25.7 Å². The molecule has 1 N–H and O–H groups in total. The van der Waals surface area contributed by atoms with E-state index in [1.807, 2.05) is 0 Å². The van der Waals surface area contributed by atoms with Crippen LogP contribution >= 0.6 is 0 Å². The summed E-state index contributed by atoms with van der Waals surface area (Å²) in [6.07, 6.45) is 8.66. The van der Waals surface area contributed by atoms with Gasteiger partial charge in [0.1, 0.15) is 0 Å². The molecule has 0 unspecified atom stereocenters. The fraction of sp³-hybridized carbons (Fsp3) is 0.929. The highest BCUT2D eigenvalue weighted by Crippen LogP contribution is 2.48. The Hall–Kier alpha value is -0.570. The van der Waals surface area contributed by atoms with Crippen molar-refractivity contribution in [2.45, 2.75) is 51.4 Å². The van der Waals surface area contributed by atoms with E-state index in [9.17, 15) is 9.90 Å². The molecular weight excluding hydrogens is 216 g/mol. The van der Waals surface area contributed by atoms with Gasteiger partial charge in [-0.3, -0.25) is 4.79 Å². The number of methoxy groups -OCH3 is 1. The summed E-state index contributed by atoms with van der Waals surface area (Å²) in [7, 11) is 1.76. The Labute approximate surface area is 104 Å². The van der Waals surface area contributed by atoms with Gasteiger partial charge in [-0.25, -0.2) is 0 Å². The molecule has 2 aliphatic carbocycles. The summed E-state index contributed by atoms with van der Waals surface area (Å²) >= 11 is 0. The van der Waals surface area contributed by atoms with Crippen molar-refractivity contribution in [3.05, 3.63) is 0 Å². The molecule has 0 aromatic rings. The highest BCUT2D eigenvalue weighted by molar-refractivity contribution is 5.75. The minimum absolute atomic E-state index is 0.348. The lowest BCUT2D eigenvalue weighted by Gasteiger charge is -2.41. The van der Waals surface area contributed by atoms with Crippen molar-refractivity contribution in [3.8, 4) is 0 Å². The Morgan fingerprint density at radius 1 is 1.24 bits per heavy atom. The topological polar surface area (TPSA) is 46.5 Å². The van der Waals surface area contributed by atoms with Gasteiger partial charge in [-0.1, -0.05) is 19.3 Å². The number of rotatable bonds is 5. The van der Waals surface area contributed by atoms with Gasteiger partial charge in [-0.05, 0) is 43.9 Å². The molecule has 0 aromatic heterocycles. The molecule has 2 aliphatic rings.